The average Bonchev–Trinajstić information content (AvgIpc) is 2.89. The third kappa shape index (κ3) is 2.09. The molecular weight excluding hydrogens is 260 g/mol. The largest absolute Gasteiger partial charge is 0.507 e. The quantitative estimate of drug-likeness (QED) is 0.767. The van der Waals surface area contributed by atoms with Crippen molar-refractivity contribution in [3.63, 3.8) is 0 Å². The van der Waals surface area contributed by atoms with Crippen LogP contribution in [0, 0.1) is 0 Å². The van der Waals surface area contributed by atoms with Gasteiger partial charge in [-0.3, -0.25) is 0 Å². The van der Waals surface area contributed by atoms with Gasteiger partial charge in [0, 0.05) is 5.56 Å². The molecule has 3 aromatic rings. The molecule has 0 unspecified atom stereocenters. The van der Waals surface area contributed by atoms with Gasteiger partial charge in [0.25, 0.3) is 0 Å². The highest BCUT2D eigenvalue weighted by Gasteiger charge is 2.12. The number of hydrogen-bond acceptors (Lipinski definition) is 2. The maximum absolute atomic E-state index is 9.95. The Hall–Kier alpha value is -2.26. The number of nitrogens with zero attached hydrogens (tertiary/aromatic N) is 2. The lowest BCUT2D eigenvalue weighted by molar-refractivity contribution is 0.477. The molecule has 1 heterocycles. The van der Waals surface area contributed by atoms with E-state index in [4.69, 9.17) is 11.6 Å². The summed E-state index contributed by atoms with van der Waals surface area (Å²) in [6, 6.07) is 16.5. The Bertz CT molecular complexity index is 661. The second-order valence-electron chi connectivity index (χ2n) is 4.10. The highest BCUT2D eigenvalue weighted by atomic mass is 35.5. The summed E-state index contributed by atoms with van der Waals surface area (Å²) in [6.07, 6.45) is 1.69. The molecule has 94 valence electrons. The highest BCUT2D eigenvalue weighted by Crippen LogP contribution is 2.31. The van der Waals surface area contributed by atoms with Crippen LogP contribution in [0.15, 0.2) is 60.8 Å². The number of phenolic OH excluding ortho intramolecular Hbond substituents is 1. The summed E-state index contributed by atoms with van der Waals surface area (Å²) < 4.78 is 1.72. The van der Waals surface area contributed by atoms with Crippen LogP contribution < -0.4 is 0 Å². The van der Waals surface area contributed by atoms with Crippen molar-refractivity contribution in [1.29, 1.82) is 0 Å². The zero-order valence-electron chi connectivity index (χ0n) is 9.99. The summed E-state index contributed by atoms with van der Waals surface area (Å²) in [7, 11) is 0. The number of aromatic nitrogens is 2. The molecule has 0 aliphatic rings. The van der Waals surface area contributed by atoms with Crippen molar-refractivity contribution >= 4 is 11.6 Å². The van der Waals surface area contributed by atoms with E-state index >= 15 is 0 Å². The van der Waals surface area contributed by atoms with E-state index in [0.29, 0.717) is 5.02 Å². The van der Waals surface area contributed by atoms with Crippen LogP contribution in [0.25, 0.3) is 16.9 Å². The summed E-state index contributed by atoms with van der Waals surface area (Å²) in [5.74, 6) is 0.219. The fourth-order valence-electron chi connectivity index (χ4n) is 2.01. The first-order valence-electron chi connectivity index (χ1n) is 5.84. The molecule has 1 aromatic heterocycles. The SMILES string of the molecule is Oc1ccccc1-c1ccnn1-c1ccccc1Cl. The average molecular weight is 271 g/mol. The van der Waals surface area contributed by atoms with E-state index in [9.17, 15) is 5.11 Å². The lowest BCUT2D eigenvalue weighted by Crippen LogP contribution is -1.99. The van der Waals surface area contributed by atoms with Gasteiger partial charge in [-0.25, -0.2) is 4.68 Å². The first kappa shape index (κ1) is 11.8. The smallest absolute Gasteiger partial charge is 0.124 e. The van der Waals surface area contributed by atoms with E-state index < -0.39 is 0 Å². The van der Waals surface area contributed by atoms with Gasteiger partial charge in [-0.1, -0.05) is 35.9 Å². The van der Waals surface area contributed by atoms with Gasteiger partial charge < -0.3 is 5.11 Å². The van der Waals surface area contributed by atoms with Crippen LogP contribution in [-0.4, -0.2) is 14.9 Å². The van der Waals surface area contributed by atoms with Gasteiger partial charge in [-0.2, -0.15) is 5.10 Å². The van der Waals surface area contributed by atoms with Crippen LogP contribution in [0.5, 0.6) is 5.75 Å². The standard InChI is InChI=1S/C15H11ClN2O/c16-12-6-2-3-7-14(12)18-13(9-10-17-18)11-5-1-4-8-15(11)19/h1-10,19H. The van der Waals surface area contributed by atoms with Crippen molar-refractivity contribution in [2.45, 2.75) is 0 Å². The molecule has 0 aliphatic heterocycles. The fraction of sp³-hybridized carbons (Fsp3) is 0. The molecule has 0 spiro atoms. The molecule has 2 aromatic carbocycles. The summed E-state index contributed by atoms with van der Waals surface area (Å²) in [6.45, 7) is 0. The van der Waals surface area contributed by atoms with Crippen molar-refractivity contribution in [1.82, 2.24) is 9.78 Å². The van der Waals surface area contributed by atoms with Crippen molar-refractivity contribution < 1.29 is 5.11 Å². The van der Waals surface area contributed by atoms with Crippen LogP contribution >= 0.6 is 11.6 Å². The predicted molar refractivity (Wildman–Crippen MR) is 75.7 cm³/mol. The van der Waals surface area contributed by atoms with Gasteiger partial charge in [-0.05, 0) is 30.3 Å². The zero-order valence-corrected chi connectivity index (χ0v) is 10.7. The highest BCUT2D eigenvalue weighted by molar-refractivity contribution is 6.32. The van der Waals surface area contributed by atoms with Gasteiger partial charge in [0.05, 0.1) is 22.6 Å². The summed E-state index contributed by atoms with van der Waals surface area (Å²) in [4.78, 5) is 0. The van der Waals surface area contributed by atoms with Crippen LogP contribution in [0.4, 0.5) is 0 Å². The Kier molecular flexibility index (Phi) is 2.97. The minimum atomic E-state index is 0.219. The lowest BCUT2D eigenvalue weighted by Gasteiger charge is -2.10. The Labute approximate surface area is 115 Å². The summed E-state index contributed by atoms with van der Waals surface area (Å²) in [5.41, 5.74) is 2.30. The first-order valence-corrected chi connectivity index (χ1v) is 6.22. The summed E-state index contributed by atoms with van der Waals surface area (Å²) >= 11 is 6.19. The predicted octanol–water partition coefficient (Wildman–Crippen LogP) is 3.90. The van der Waals surface area contributed by atoms with Gasteiger partial charge in [-0.15, -0.1) is 0 Å². The topological polar surface area (TPSA) is 38.1 Å². The molecule has 0 atom stereocenters. The van der Waals surface area contributed by atoms with Crippen LogP contribution in [-0.2, 0) is 0 Å². The van der Waals surface area contributed by atoms with Gasteiger partial charge >= 0.3 is 0 Å². The molecule has 1 N–H and O–H groups in total. The van der Waals surface area contributed by atoms with Crippen LogP contribution in [0.2, 0.25) is 5.02 Å². The molecule has 0 aliphatic carbocycles. The maximum Gasteiger partial charge on any atom is 0.124 e. The van der Waals surface area contributed by atoms with E-state index in [1.807, 2.05) is 42.5 Å². The van der Waals surface area contributed by atoms with Crippen molar-refractivity contribution in [2.24, 2.45) is 0 Å². The Morgan fingerprint density at radius 1 is 0.947 bits per heavy atom. The van der Waals surface area contributed by atoms with Crippen LogP contribution in [0.3, 0.4) is 0 Å². The third-order valence-corrected chi connectivity index (χ3v) is 3.22. The second-order valence-corrected chi connectivity index (χ2v) is 4.50. The minimum Gasteiger partial charge on any atom is -0.507 e. The van der Waals surface area contributed by atoms with Gasteiger partial charge in [0.1, 0.15) is 5.75 Å². The van der Waals surface area contributed by atoms with Crippen molar-refractivity contribution in [3.05, 3.63) is 65.8 Å². The molecule has 0 fully saturated rings. The molecule has 0 bridgehead atoms. The number of halogens is 1. The van der Waals surface area contributed by atoms with Crippen molar-refractivity contribution in [3.8, 4) is 22.7 Å². The number of aromatic hydroxyl groups is 1. The molecule has 0 amide bonds. The normalized spacial score (nSPS) is 10.6. The van der Waals surface area contributed by atoms with Crippen LogP contribution in [0.1, 0.15) is 0 Å². The molecule has 4 heteroatoms. The van der Waals surface area contributed by atoms with E-state index in [-0.39, 0.29) is 5.75 Å². The second kappa shape index (κ2) is 4.78. The maximum atomic E-state index is 9.95. The number of rotatable bonds is 2. The van der Waals surface area contributed by atoms with Gasteiger partial charge in [0.15, 0.2) is 0 Å². The zero-order chi connectivity index (χ0) is 13.2. The fourth-order valence-corrected chi connectivity index (χ4v) is 2.23. The molecule has 3 rings (SSSR count). The number of para-hydroxylation sites is 2. The van der Waals surface area contributed by atoms with E-state index in [1.165, 1.54) is 0 Å². The third-order valence-electron chi connectivity index (χ3n) is 2.90. The minimum absolute atomic E-state index is 0.219. The summed E-state index contributed by atoms with van der Waals surface area (Å²) in [5, 5.41) is 14.8. The van der Waals surface area contributed by atoms with E-state index in [2.05, 4.69) is 5.10 Å². The Morgan fingerprint density at radius 3 is 2.47 bits per heavy atom. The monoisotopic (exact) mass is 270 g/mol. The number of benzene rings is 2. The Balaban J connectivity index is 2.20. The molecule has 19 heavy (non-hydrogen) atoms. The molecule has 3 nitrogen and oxygen atoms in total. The van der Waals surface area contributed by atoms with Gasteiger partial charge in [0.2, 0.25) is 0 Å². The molecule has 0 saturated carbocycles. The van der Waals surface area contributed by atoms with Crippen molar-refractivity contribution in [2.75, 3.05) is 0 Å². The van der Waals surface area contributed by atoms with E-state index in [0.717, 1.165) is 16.9 Å². The Morgan fingerprint density at radius 2 is 1.68 bits per heavy atom. The molecule has 0 radical (unpaired) electrons. The number of hydrogen-bond donors (Lipinski definition) is 1. The lowest BCUT2D eigenvalue weighted by atomic mass is 10.1. The number of phenols is 1. The molecular formula is C15H11ClN2O. The first-order chi connectivity index (χ1) is 9.27. The van der Waals surface area contributed by atoms with E-state index in [1.54, 1.807) is 23.0 Å². The molecule has 0 saturated heterocycles.